The molecule has 1 aliphatic heterocycles. The van der Waals surface area contributed by atoms with Crippen LogP contribution in [0.25, 0.3) is 0 Å². The molecule has 0 bridgehead atoms. The van der Waals surface area contributed by atoms with Gasteiger partial charge in [-0.1, -0.05) is 17.3 Å². The Morgan fingerprint density at radius 2 is 1.90 bits per heavy atom. The van der Waals surface area contributed by atoms with Crippen molar-refractivity contribution in [2.75, 3.05) is 0 Å². The first-order valence-electron chi connectivity index (χ1n) is 10.2. The number of nitrogens with zero attached hydrogens (tertiary/aromatic N) is 5. The van der Waals surface area contributed by atoms with Gasteiger partial charge >= 0.3 is 6.18 Å². The van der Waals surface area contributed by atoms with Crippen molar-refractivity contribution in [3.8, 4) is 0 Å². The fourth-order valence-electron chi connectivity index (χ4n) is 4.20. The van der Waals surface area contributed by atoms with Gasteiger partial charge in [0, 0.05) is 24.4 Å². The van der Waals surface area contributed by atoms with Crippen molar-refractivity contribution in [1.82, 2.24) is 30.1 Å². The number of piperidine rings is 1. The van der Waals surface area contributed by atoms with Crippen LogP contribution in [0.2, 0.25) is 0 Å². The minimum absolute atomic E-state index is 0.0529. The van der Waals surface area contributed by atoms with E-state index in [9.17, 15) is 18.3 Å². The number of hydrogen-bond donors (Lipinski definition) is 2. The van der Waals surface area contributed by atoms with Gasteiger partial charge < -0.3 is 10.4 Å². The van der Waals surface area contributed by atoms with Crippen LogP contribution in [0.3, 0.4) is 0 Å². The predicted molar refractivity (Wildman–Crippen MR) is 107 cm³/mol. The molecule has 31 heavy (non-hydrogen) atoms. The molecule has 4 rings (SSSR count). The number of rotatable bonds is 5. The minimum Gasteiger partial charge on any atom is -0.385 e. The molecule has 0 aliphatic carbocycles. The molecule has 2 N–H and O–H groups in total. The molecule has 0 amide bonds. The molecule has 166 valence electrons. The van der Waals surface area contributed by atoms with Gasteiger partial charge in [-0.25, -0.2) is 0 Å². The number of benzene rings is 1. The molecule has 0 saturated carbocycles. The van der Waals surface area contributed by atoms with Gasteiger partial charge in [0.2, 0.25) is 0 Å². The van der Waals surface area contributed by atoms with Gasteiger partial charge in [0.25, 0.3) is 0 Å². The van der Waals surface area contributed by atoms with Crippen molar-refractivity contribution in [3.63, 3.8) is 0 Å². The van der Waals surface area contributed by atoms with E-state index in [0.29, 0.717) is 37.2 Å². The van der Waals surface area contributed by atoms with Crippen LogP contribution in [-0.2, 0) is 24.9 Å². The van der Waals surface area contributed by atoms with E-state index < -0.39 is 17.3 Å². The number of nitrogens with one attached hydrogen (secondary N) is 1. The van der Waals surface area contributed by atoms with Gasteiger partial charge in [-0.05, 0) is 44.0 Å². The third kappa shape index (κ3) is 4.64. The van der Waals surface area contributed by atoms with Gasteiger partial charge in [-0.2, -0.15) is 18.3 Å². The quantitative estimate of drug-likeness (QED) is 0.645. The first kappa shape index (κ1) is 21.5. The lowest BCUT2D eigenvalue weighted by atomic mass is 9.78. The highest BCUT2D eigenvalue weighted by atomic mass is 19.4. The maximum absolute atomic E-state index is 12.9. The van der Waals surface area contributed by atoms with E-state index in [4.69, 9.17) is 0 Å². The Labute approximate surface area is 177 Å². The molecule has 1 saturated heterocycles. The summed E-state index contributed by atoms with van der Waals surface area (Å²) in [5.41, 5.74) is 0.239. The Morgan fingerprint density at radius 3 is 2.55 bits per heavy atom. The number of halogens is 3. The zero-order chi connectivity index (χ0) is 22.2. The molecule has 1 unspecified atom stereocenters. The highest BCUT2D eigenvalue weighted by molar-refractivity contribution is 5.30. The lowest BCUT2D eigenvalue weighted by Gasteiger charge is -2.40. The summed E-state index contributed by atoms with van der Waals surface area (Å²) in [6.45, 7) is 5.17. The topological polar surface area (TPSA) is 80.8 Å². The van der Waals surface area contributed by atoms with E-state index in [2.05, 4.69) is 20.7 Å². The second kappa shape index (κ2) is 8.08. The summed E-state index contributed by atoms with van der Waals surface area (Å²) < 4.78 is 42.3. The molecule has 0 spiro atoms. The van der Waals surface area contributed by atoms with Gasteiger partial charge in [0.1, 0.15) is 0 Å². The van der Waals surface area contributed by atoms with Crippen molar-refractivity contribution in [3.05, 3.63) is 65.2 Å². The third-order valence-electron chi connectivity index (χ3n) is 5.80. The van der Waals surface area contributed by atoms with E-state index in [-0.39, 0.29) is 12.1 Å². The second-order valence-electron chi connectivity index (χ2n) is 8.24. The van der Waals surface area contributed by atoms with Crippen LogP contribution in [-0.4, -0.2) is 35.9 Å². The third-order valence-corrected chi connectivity index (χ3v) is 5.80. The average molecular weight is 434 g/mol. The summed E-state index contributed by atoms with van der Waals surface area (Å²) in [5, 5.41) is 27.4. The summed E-state index contributed by atoms with van der Waals surface area (Å²) in [4.78, 5) is 0. The van der Waals surface area contributed by atoms with Crippen LogP contribution in [0.15, 0.2) is 42.7 Å². The molecule has 3 atom stereocenters. The van der Waals surface area contributed by atoms with Gasteiger partial charge in [0.15, 0.2) is 0 Å². The smallest absolute Gasteiger partial charge is 0.385 e. The largest absolute Gasteiger partial charge is 0.416 e. The van der Waals surface area contributed by atoms with E-state index in [1.54, 1.807) is 10.9 Å². The number of aryl methyl sites for hydroxylation is 3. The fraction of sp³-hybridized carbons (Fsp3) is 0.476. The lowest BCUT2D eigenvalue weighted by molar-refractivity contribution is -0.137. The molecule has 3 aromatic rings. The SMILES string of the molecule is Cc1ccnn1CCn1cc([C@@H]2CC(O)(c3ccc(C(F)(F)F)cc3)C[C@H](C)N2)nn1. The Morgan fingerprint density at radius 1 is 1.16 bits per heavy atom. The Kier molecular flexibility index (Phi) is 5.61. The average Bonchev–Trinajstić information content (AvgIpc) is 3.34. The van der Waals surface area contributed by atoms with Crippen LogP contribution in [0.1, 0.15) is 48.3 Å². The van der Waals surface area contributed by atoms with Crippen molar-refractivity contribution in [2.45, 2.75) is 63.6 Å². The van der Waals surface area contributed by atoms with Crippen LogP contribution in [0.4, 0.5) is 13.2 Å². The monoisotopic (exact) mass is 434 g/mol. The maximum atomic E-state index is 12.9. The van der Waals surface area contributed by atoms with Crippen LogP contribution in [0.5, 0.6) is 0 Å². The van der Waals surface area contributed by atoms with Crippen molar-refractivity contribution in [2.24, 2.45) is 0 Å². The maximum Gasteiger partial charge on any atom is 0.416 e. The van der Waals surface area contributed by atoms with Gasteiger partial charge in [-0.15, -0.1) is 5.10 Å². The van der Waals surface area contributed by atoms with Crippen LogP contribution >= 0.6 is 0 Å². The summed E-state index contributed by atoms with van der Waals surface area (Å²) >= 11 is 0. The second-order valence-corrected chi connectivity index (χ2v) is 8.24. The van der Waals surface area contributed by atoms with Crippen LogP contribution in [0, 0.1) is 6.92 Å². The minimum atomic E-state index is -4.40. The van der Waals surface area contributed by atoms with E-state index in [1.807, 2.05) is 30.8 Å². The Hall–Kier alpha value is -2.72. The van der Waals surface area contributed by atoms with Crippen molar-refractivity contribution in [1.29, 1.82) is 0 Å². The Bertz CT molecular complexity index is 1030. The van der Waals surface area contributed by atoms with Crippen LogP contribution < -0.4 is 5.32 Å². The number of hydrogen-bond acceptors (Lipinski definition) is 5. The molecule has 1 aromatic carbocycles. The highest BCUT2D eigenvalue weighted by Gasteiger charge is 2.41. The zero-order valence-corrected chi connectivity index (χ0v) is 17.3. The van der Waals surface area contributed by atoms with Crippen molar-refractivity contribution >= 4 is 0 Å². The molecular weight excluding hydrogens is 409 g/mol. The first-order valence-corrected chi connectivity index (χ1v) is 10.2. The van der Waals surface area contributed by atoms with E-state index in [1.165, 1.54) is 12.1 Å². The lowest BCUT2D eigenvalue weighted by Crippen LogP contribution is -2.47. The highest BCUT2D eigenvalue weighted by Crippen LogP contribution is 2.40. The normalized spacial score (nSPS) is 24.5. The molecule has 2 aromatic heterocycles. The summed E-state index contributed by atoms with van der Waals surface area (Å²) in [6.07, 6.45) is -0.140. The number of alkyl halides is 3. The molecule has 1 fully saturated rings. The first-order chi connectivity index (χ1) is 14.6. The molecular formula is C21H25F3N6O. The molecule has 7 nitrogen and oxygen atoms in total. The predicted octanol–water partition coefficient (Wildman–Crippen LogP) is 3.20. The molecule has 0 radical (unpaired) electrons. The number of aliphatic hydroxyl groups is 1. The zero-order valence-electron chi connectivity index (χ0n) is 17.3. The van der Waals surface area contributed by atoms with E-state index in [0.717, 1.165) is 17.8 Å². The summed E-state index contributed by atoms with van der Waals surface area (Å²) in [5.74, 6) is 0. The fourth-order valence-corrected chi connectivity index (χ4v) is 4.20. The summed E-state index contributed by atoms with van der Waals surface area (Å²) in [6, 6.07) is 6.37. The van der Waals surface area contributed by atoms with Gasteiger partial charge in [0.05, 0.1) is 42.2 Å². The van der Waals surface area contributed by atoms with Gasteiger partial charge in [-0.3, -0.25) is 9.36 Å². The van der Waals surface area contributed by atoms with E-state index >= 15 is 0 Å². The molecule has 10 heteroatoms. The molecule has 3 heterocycles. The summed E-state index contributed by atoms with van der Waals surface area (Å²) in [7, 11) is 0. The Balaban J connectivity index is 1.48. The molecule has 1 aliphatic rings. The standard InChI is InChI=1S/C21H25F3N6O/c1-14-11-20(31,16-3-5-17(6-4-16)21(22,23)24)12-18(26-14)19-13-29(28-27-19)9-10-30-15(2)7-8-25-30/h3-8,13-14,18,26,31H,9-12H2,1-2H3/t14-,18-,20?/m0/s1. The van der Waals surface area contributed by atoms with Crippen molar-refractivity contribution < 1.29 is 18.3 Å². The number of aromatic nitrogens is 5.